The molecule has 88 valence electrons. The minimum atomic E-state index is 0.146. The molecule has 0 saturated heterocycles. The molecule has 0 atom stereocenters. The zero-order chi connectivity index (χ0) is 12.0. The van der Waals surface area contributed by atoms with Gasteiger partial charge in [-0.1, -0.05) is 19.1 Å². The predicted molar refractivity (Wildman–Crippen MR) is 68.4 cm³/mol. The highest BCUT2D eigenvalue weighted by Gasteiger charge is 2.27. The van der Waals surface area contributed by atoms with Crippen LogP contribution in [0.1, 0.15) is 37.2 Å². The molecule has 0 unspecified atom stereocenters. The Morgan fingerprint density at radius 2 is 2.18 bits per heavy atom. The molecular formula is C14H16N2O. The van der Waals surface area contributed by atoms with Gasteiger partial charge in [-0.15, -0.1) is 0 Å². The normalized spacial score (nSPS) is 15.4. The SMILES string of the molecule is CCc1nc2cccc(C)c2c(=O)n1C1CC1. The van der Waals surface area contributed by atoms with Crippen LogP contribution in [0.3, 0.4) is 0 Å². The molecule has 2 aromatic rings. The fraction of sp³-hybridized carbons (Fsp3) is 0.429. The molecule has 17 heavy (non-hydrogen) atoms. The minimum absolute atomic E-state index is 0.146. The summed E-state index contributed by atoms with van der Waals surface area (Å²) in [6, 6.07) is 6.27. The molecule has 0 bridgehead atoms. The lowest BCUT2D eigenvalue weighted by Crippen LogP contribution is -2.24. The molecule has 0 amide bonds. The van der Waals surface area contributed by atoms with Crippen LogP contribution in [0, 0.1) is 6.92 Å². The summed E-state index contributed by atoms with van der Waals surface area (Å²) in [4.78, 5) is 17.2. The lowest BCUT2D eigenvalue weighted by atomic mass is 10.1. The van der Waals surface area contributed by atoms with Gasteiger partial charge in [0.2, 0.25) is 0 Å². The van der Waals surface area contributed by atoms with Gasteiger partial charge in [0.15, 0.2) is 0 Å². The van der Waals surface area contributed by atoms with Crippen molar-refractivity contribution < 1.29 is 0 Å². The van der Waals surface area contributed by atoms with Crippen LogP contribution in [0.4, 0.5) is 0 Å². The van der Waals surface area contributed by atoms with E-state index in [9.17, 15) is 4.79 Å². The van der Waals surface area contributed by atoms with Crippen molar-refractivity contribution in [3.8, 4) is 0 Å². The van der Waals surface area contributed by atoms with Gasteiger partial charge in [-0.2, -0.15) is 0 Å². The number of hydrogen-bond donors (Lipinski definition) is 0. The number of nitrogens with zero attached hydrogens (tertiary/aromatic N) is 2. The van der Waals surface area contributed by atoms with Crippen LogP contribution in [0.25, 0.3) is 10.9 Å². The Labute approximate surface area is 100 Å². The van der Waals surface area contributed by atoms with Gasteiger partial charge in [-0.25, -0.2) is 4.98 Å². The van der Waals surface area contributed by atoms with Gasteiger partial charge in [0.25, 0.3) is 5.56 Å². The van der Waals surface area contributed by atoms with E-state index in [-0.39, 0.29) is 5.56 Å². The van der Waals surface area contributed by atoms with Crippen molar-refractivity contribution in [1.29, 1.82) is 0 Å². The topological polar surface area (TPSA) is 34.9 Å². The minimum Gasteiger partial charge on any atom is -0.293 e. The average Bonchev–Trinajstić information content (AvgIpc) is 3.12. The standard InChI is InChI=1S/C14H16N2O/c1-3-12-15-11-6-4-5-9(2)13(11)14(17)16(12)10-7-8-10/h4-6,10H,3,7-8H2,1-2H3. The molecule has 3 heteroatoms. The van der Waals surface area contributed by atoms with Crippen molar-refractivity contribution in [2.24, 2.45) is 0 Å². The number of benzene rings is 1. The second-order valence-corrected chi connectivity index (χ2v) is 4.76. The van der Waals surface area contributed by atoms with E-state index >= 15 is 0 Å². The smallest absolute Gasteiger partial charge is 0.261 e. The largest absolute Gasteiger partial charge is 0.293 e. The Morgan fingerprint density at radius 3 is 2.82 bits per heavy atom. The Bertz CT molecular complexity index is 638. The third-order valence-corrected chi connectivity index (χ3v) is 3.44. The Hall–Kier alpha value is -1.64. The highest BCUT2D eigenvalue weighted by molar-refractivity contribution is 5.81. The summed E-state index contributed by atoms with van der Waals surface area (Å²) in [6.45, 7) is 4.04. The highest BCUT2D eigenvalue weighted by Crippen LogP contribution is 2.34. The highest BCUT2D eigenvalue weighted by atomic mass is 16.1. The molecule has 1 saturated carbocycles. The van der Waals surface area contributed by atoms with E-state index in [0.29, 0.717) is 6.04 Å². The van der Waals surface area contributed by atoms with Crippen molar-refractivity contribution in [1.82, 2.24) is 9.55 Å². The van der Waals surface area contributed by atoms with E-state index in [4.69, 9.17) is 0 Å². The van der Waals surface area contributed by atoms with E-state index < -0.39 is 0 Å². The summed E-state index contributed by atoms with van der Waals surface area (Å²) >= 11 is 0. The fourth-order valence-corrected chi connectivity index (χ4v) is 2.41. The molecule has 1 aromatic carbocycles. The summed E-state index contributed by atoms with van der Waals surface area (Å²) in [6.07, 6.45) is 3.05. The average molecular weight is 228 g/mol. The molecule has 3 rings (SSSR count). The summed E-state index contributed by atoms with van der Waals surface area (Å²) in [5.41, 5.74) is 2.01. The third-order valence-electron chi connectivity index (χ3n) is 3.44. The van der Waals surface area contributed by atoms with Gasteiger partial charge >= 0.3 is 0 Å². The van der Waals surface area contributed by atoms with Crippen LogP contribution in [-0.4, -0.2) is 9.55 Å². The lowest BCUT2D eigenvalue weighted by Gasteiger charge is -2.12. The van der Waals surface area contributed by atoms with Gasteiger partial charge in [0.05, 0.1) is 10.9 Å². The first kappa shape index (κ1) is 10.5. The van der Waals surface area contributed by atoms with E-state index in [1.807, 2.05) is 29.7 Å². The molecule has 1 fully saturated rings. The van der Waals surface area contributed by atoms with Crippen molar-refractivity contribution >= 4 is 10.9 Å². The fourth-order valence-electron chi connectivity index (χ4n) is 2.41. The lowest BCUT2D eigenvalue weighted by molar-refractivity contribution is 0.646. The zero-order valence-corrected chi connectivity index (χ0v) is 10.2. The number of aryl methyl sites for hydroxylation is 2. The first-order valence-electron chi connectivity index (χ1n) is 6.23. The van der Waals surface area contributed by atoms with Crippen LogP contribution in [0.5, 0.6) is 0 Å². The monoisotopic (exact) mass is 228 g/mol. The maximum Gasteiger partial charge on any atom is 0.261 e. The first-order valence-corrected chi connectivity index (χ1v) is 6.23. The maximum absolute atomic E-state index is 12.5. The molecule has 0 aliphatic heterocycles. The van der Waals surface area contributed by atoms with Gasteiger partial charge in [-0.3, -0.25) is 9.36 Å². The van der Waals surface area contributed by atoms with E-state index in [1.54, 1.807) is 0 Å². The van der Waals surface area contributed by atoms with Crippen molar-refractivity contribution in [2.75, 3.05) is 0 Å². The van der Waals surface area contributed by atoms with E-state index in [0.717, 1.165) is 41.6 Å². The summed E-state index contributed by atoms with van der Waals surface area (Å²) in [7, 11) is 0. The molecule has 0 radical (unpaired) electrons. The molecule has 1 heterocycles. The number of aromatic nitrogens is 2. The Morgan fingerprint density at radius 1 is 1.41 bits per heavy atom. The molecular weight excluding hydrogens is 212 g/mol. The number of rotatable bonds is 2. The van der Waals surface area contributed by atoms with E-state index in [1.165, 1.54) is 0 Å². The van der Waals surface area contributed by atoms with Crippen molar-refractivity contribution in [3.05, 3.63) is 39.9 Å². The summed E-state index contributed by atoms with van der Waals surface area (Å²) in [5, 5.41) is 0.789. The van der Waals surface area contributed by atoms with Crippen LogP contribution in [-0.2, 0) is 6.42 Å². The predicted octanol–water partition coefficient (Wildman–Crippen LogP) is 2.60. The Kier molecular flexibility index (Phi) is 2.28. The molecule has 1 aliphatic rings. The number of hydrogen-bond acceptors (Lipinski definition) is 2. The van der Waals surface area contributed by atoms with Crippen LogP contribution < -0.4 is 5.56 Å². The van der Waals surface area contributed by atoms with Crippen molar-refractivity contribution in [3.63, 3.8) is 0 Å². The zero-order valence-electron chi connectivity index (χ0n) is 10.2. The van der Waals surface area contributed by atoms with Gasteiger partial charge in [0.1, 0.15) is 5.82 Å². The molecule has 1 aromatic heterocycles. The van der Waals surface area contributed by atoms with E-state index in [2.05, 4.69) is 11.9 Å². The van der Waals surface area contributed by atoms with Crippen LogP contribution in [0.15, 0.2) is 23.0 Å². The first-order chi connectivity index (χ1) is 8.22. The van der Waals surface area contributed by atoms with Crippen LogP contribution in [0.2, 0.25) is 0 Å². The summed E-state index contributed by atoms with van der Waals surface area (Å²) < 4.78 is 1.91. The quantitative estimate of drug-likeness (QED) is 0.792. The second kappa shape index (κ2) is 3.69. The van der Waals surface area contributed by atoms with Crippen LogP contribution >= 0.6 is 0 Å². The molecule has 3 nitrogen and oxygen atoms in total. The number of fused-ring (bicyclic) bond motifs is 1. The second-order valence-electron chi connectivity index (χ2n) is 4.76. The molecule has 0 spiro atoms. The summed E-state index contributed by atoms with van der Waals surface area (Å²) in [5.74, 6) is 0.926. The van der Waals surface area contributed by atoms with Gasteiger partial charge in [-0.05, 0) is 31.4 Å². The van der Waals surface area contributed by atoms with Crippen molar-refractivity contribution in [2.45, 2.75) is 39.2 Å². The maximum atomic E-state index is 12.5. The third kappa shape index (κ3) is 1.57. The van der Waals surface area contributed by atoms with Gasteiger partial charge < -0.3 is 0 Å². The Balaban J connectivity index is 2.42. The van der Waals surface area contributed by atoms with Gasteiger partial charge in [0, 0.05) is 12.5 Å². The molecule has 1 aliphatic carbocycles. The molecule has 0 N–H and O–H groups in total.